The quantitative estimate of drug-likeness (QED) is 0.729. The van der Waals surface area contributed by atoms with Crippen LogP contribution in [0.4, 0.5) is 5.95 Å². The summed E-state index contributed by atoms with van der Waals surface area (Å²) in [7, 11) is 3.64. The SMILES string of the molecule is Cc1nn(C)c(C)c1CN(C)C(=O)c1cccc(-c2cc(=O)[nH]c(N)n2)c1. The fourth-order valence-electron chi connectivity index (χ4n) is 3.01. The van der Waals surface area contributed by atoms with E-state index in [9.17, 15) is 9.59 Å². The van der Waals surface area contributed by atoms with E-state index in [2.05, 4.69) is 15.1 Å². The van der Waals surface area contributed by atoms with E-state index in [-0.39, 0.29) is 17.4 Å². The molecule has 0 saturated heterocycles. The molecule has 0 unspecified atom stereocenters. The van der Waals surface area contributed by atoms with Gasteiger partial charge in [0.05, 0.1) is 11.4 Å². The maximum absolute atomic E-state index is 12.9. The number of aromatic amines is 1. The van der Waals surface area contributed by atoms with Crippen molar-refractivity contribution in [3.63, 3.8) is 0 Å². The Hall–Kier alpha value is -3.42. The van der Waals surface area contributed by atoms with Gasteiger partial charge in [0.15, 0.2) is 0 Å². The Bertz CT molecular complexity index is 1070. The monoisotopic (exact) mass is 366 g/mol. The Morgan fingerprint density at radius 2 is 2.04 bits per heavy atom. The molecule has 0 spiro atoms. The molecule has 2 aromatic heterocycles. The summed E-state index contributed by atoms with van der Waals surface area (Å²) >= 11 is 0. The number of rotatable bonds is 4. The van der Waals surface area contributed by atoms with Gasteiger partial charge in [0.25, 0.3) is 11.5 Å². The number of hydrogen-bond acceptors (Lipinski definition) is 5. The van der Waals surface area contributed by atoms with Crippen LogP contribution >= 0.6 is 0 Å². The summed E-state index contributed by atoms with van der Waals surface area (Å²) in [6.07, 6.45) is 0. The summed E-state index contributed by atoms with van der Waals surface area (Å²) in [5.41, 5.74) is 9.83. The fraction of sp³-hybridized carbons (Fsp3) is 0.263. The zero-order valence-corrected chi connectivity index (χ0v) is 15.8. The molecule has 0 fully saturated rings. The summed E-state index contributed by atoms with van der Waals surface area (Å²) in [5.74, 6) is -0.0915. The first-order valence-corrected chi connectivity index (χ1v) is 8.48. The number of amides is 1. The first-order chi connectivity index (χ1) is 12.8. The van der Waals surface area contributed by atoms with Crippen LogP contribution in [0.3, 0.4) is 0 Å². The Morgan fingerprint density at radius 1 is 1.30 bits per heavy atom. The molecule has 1 aromatic carbocycles. The van der Waals surface area contributed by atoms with Gasteiger partial charge in [0, 0.05) is 49.1 Å². The molecular weight excluding hydrogens is 344 g/mol. The number of nitrogen functional groups attached to an aromatic ring is 1. The lowest BCUT2D eigenvalue weighted by Gasteiger charge is -2.18. The summed E-state index contributed by atoms with van der Waals surface area (Å²) in [4.78, 5) is 32.7. The third-order valence-electron chi connectivity index (χ3n) is 4.57. The Labute approximate surface area is 156 Å². The number of benzene rings is 1. The number of H-pyrrole nitrogens is 1. The second kappa shape index (κ2) is 7.06. The molecule has 1 amide bonds. The topological polar surface area (TPSA) is 110 Å². The van der Waals surface area contributed by atoms with E-state index in [1.807, 2.05) is 25.6 Å². The zero-order valence-electron chi connectivity index (χ0n) is 15.8. The summed E-state index contributed by atoms with van der Waals surface area (Å²) in [5, 5.41) is 4.39. The third-order valence-corrected chi connectivity index (χ3v) is 4.57. The van der Waals surface area contributed by atoms with Gasteiger partial charge in [0.1, 0.15) is 0 Å². The lowest BCUT2D eigenvalue weighted by Crippen LogP contribution is -2.26. The minimum atomic E-state index is -0.339. The molecule has 0 aliphatic rings. The Balaban J connectivity index is 1.87. The van der Waals surface area contributed by atoms with Crippen molar-refractivity contribution in [2.75, 3.05) is 12.8 Å². The number of hydrogen-bond donors (Lipinski definition) is 2. The number of anilines is 1. The lowest BCUT2D eigenvalue weighted by atomic mass is 10.1. The molecule has 2 heterocycles. The van der Waals surface area contributed by atoms with Crippen LogP contribution in [0.5, 0.6) is 0 Å². The van der Waals surface area contributed by atoms with Crippen molar-refractivity contribution in [2.45, 2.75) is 20.4 Å². The Kier molecular flexibility index (Phi) is 4.81. The normalized spacial score (nSPS) is 10.8. The number of nitrogens with zero attached hydrogens (tertiary/aromatic N) is 4. The highest BCUT2D eigenvalue weighted by molar-refractivity contribution is 5.95. The van der Waals surface area contributed by atoms with Gasteiger partial charge in [-0.05, 0) is 26.0 Å². The summed E-state index contributed by atoms with van der Waals surface area (Å²) in [6, 6.07) is 8.35. The highest BCUT2D eigenvalue weighted by Crippen LogP contribution is 2.20. The molecular formula is C19H22N6O2. The number of carbonyl (C=O) groups is 1. The van der Waals surface area contributed by atoms with Crippen LogP contribution < -0.4 is 11.3 Å². The predicted octanol–water partition coefficient (Wildman–Crippen LogP) is 1.64. The second-order valence-electron chi connectivity index (χ2n) is 6.53. The van der Waals surface area contributed by atoms with Crippen LogP contribution in [-0.2, 0) is 13.6 Å². The molecule has 8 nitrogen and oxygen atoms in total. The standard InChI is InChI=1S/C19H22N6O2/c1-11-15(12(2)25(4)23-11)10-24(3)18(27)14-7-5-6-13(8-14)16-9-17(26)22-19(20)21-16/h5-9H,10H2,1-4H3,(H3,20,21,22,26). The first kappa shape index (κ1) is 18.4. The molecule has 8 heteroatoms. The van der Waals surface area contributed by atoms with Crippen molar-refractivity contribution in [2.24, 2.45) is 7.05 Å². The third kappa shape index (κ3) is 3.74. The number of nitrogens with two attached hydrogens (primary N) is 1. The van der Waals surface area contributed by atoms with Crippen LogP contribution in [0.2, 0.25) is 0 Å². The van der Waals surface area contributed by atoms with Gasteiger partial charge in [-0.2, -0.15) is 5.10 Å². The van der Waals surface area contributed by atoms with Crippen LogP contribution in [0.1, 0.15) is 27.3 Å². The minimum Gasteiger partial charge on any atom is -0.369 e. The van der Waals surface area contributed by atoms with Crippen molar-refractivity contribution in [1.82, 2.24) is 24.6 Å². The van der Waals surface area contributed by atoms with E-state index < -0.39 is 0 Å². The van der Waals surface area contributed by atoms with Crippen molar-refractivity contribution >= 4 is 11.9 Å². The van der Waals surface area contributed by atoms with Crippen molar-refractivity contribution in [1.29, 1.82) is 0 Å². The molecule has 3 N–H and O–H groups in total. The molecule has 0 bridgehead atoms. The van der Waals surface area contributed by atoms with Crippen LogP contribution in [-0.4, -0.2) is 37.6 Å². The smallest absolute Gasteiger partial charge is 0.253 e. The first-order valence-electron chi connectivity index (χ1n) is 8.48. The molecule has 0 saturated carbocycles. The van der Waals surface area contributed by atoms with Gasteiger partial charge in [0.2, 0.25) is 5.95 Å². The number of aryl methyl sites for hydroxylation is 2. The summed E-state index contributed by atoms with van der Waals surface area (Å²) in [6.45, 7) is 4.38. The zero-order chi connectivity index (χ0) is 19.7. The molecule has 27 heavy (non-hydrogen) atoms. The largest absolute Gasteiger partial charge is 0.369 e. The van der Waals surface area contributed by atoms with E-state index >= 15 is 0 Å². The molecule has 0 aliphatic carbocycles. The van der Waals surface area contributed by atoms with Gasteiger partial charge in [-0.3, -0.25) is 19.3 Å². The van der Waals surface area contributed by atoms with Gasteiger partial charge >= 0.3 is 0 Å². The average Bonchev–Trinajstić information content (AvgIpc) is 2.86. The Morgan fingerprint density at radius 3 is 2.67 bits per heavy atom. The second-order valence-corrected chi connectivity index (χ2v) is 6.53. The highest BCUT2D eigenvalue weighted by atomic mass is 16.2. The molecule has 140 valence electrons. The lowest BCUT2D eigenvalue weighted by molar-refractivity contribution is 0.0785. The van der Waals surface area contributed by atoms with Gasteiger partial charge in [-0.25, -0.2) is 4.98 Å². The predicted molar refractivity (Wildman–Crippen MR) is 103 cm³/mol. The van der Waals surface area contributed by atoms with Crippen molar-refractivity contribution in [3.05, 3.63) is 63.2 Å². The van der Waals surface area contributed by atoms with Crippen LogP contribution in [0.25, 0.3) is 11.3 Å². The molecule has 3 aromatic rings. The van der Waals surface area contributed by atoms with E-state index in [1.54, 1.807) is 36.2 Å². The average molecular weight is 366 g/mol. The van der Waals surface area contributed by atoms with E-state index in [0.29, 0.717) is 23.4 Å². The minimum absolute atomic E-state index is 0.0360. The van der Waals surface area contributed by atoms with Gasteiger partial charge < -0.3 is 10.6 Å². The molecule has 0 aliphatic heterocycles. The number of carbonyl (C=O) groups excluding carboxylic acids is 1. The van der Waals surface area contributed by atoms with Crippen molar-refractivity contribution in [3.8, 4) is 11.3 Å². The highest BCUT2D eigenvalue weighted by Gasteiger charge is 2.17. The number of aromatic nitrogens is 4. The van der Waals surface area contributed by atoms with Crippen LogP contribution in [0.15, 0.2) is 35.1 Å². The van der Waals surface area contributed by atoms with Gasteiger partial charge in [-0.1, -0.05) is 12.1 Å². The number of nitrogens with one attached hydrogen (secondary N) is 1. The maximum Gasteiger partial charge on any atom is 0.253 e. The van der Waals surface area contributed by atoms with Crippen molar-refractivity contribution < 1.29 is 4.79 Å². The van der Waals surface area contributed by atoms with Gasteiger partial charge in [-0.15, -0.1) is 0 Å². The van der Waals surface area contributed by atoms with E-state index in [1.165, 1.54) is 6.07 Å². The molecule has 0 radical (unpaired) electrons. The van der Waals surface area contributed by atoms with E-state index in [4.69, 9.17) is 5.73 Å². The summed E-state index contributed by atoms with van der Waals surface area (Å²) < 4.78 is 1.81. The molecule has 0 atom stereocenters. The van der Waals surface area contributed by atoms with E-state index in [0.717, 1.165) is 17.0 Å². The van der Waals surface area contributed by atoms with Crippen LogP contribution in [0, 0.1) is 13.8 Å². The maximum atomic E-state index is 12.9. The fourth-order valence-corrected chi connectivity index (χ4v) is 3.01. The molecule has 3 rings (SSSR count).